The number of anilines is 1. The highest BCUT2D eigenvalue weighted by Gasteiger charge is 2.03. The van der Waals surface area contributed by atoms with Crippen LogP contribution in [0.5, 0.6) is 5.75 Å². The third-order valence-electron chi connectivity index (χ3n) is 3.89. The molecule has 0 saturated heterocycles. The summed E-state index contributed by atoms with van der Waals surface area (Å²) in [6.45, 7) is 0.501. The van der Waals surface area contributed by atoms with E-state index in [9.17, 15) is 4.79 Å². The van der Waals surface area contributed by atoms with Gasteiger partial charge in [-0.25, -0.2) is 5.43 Å². The van der Waals surface area contributed by atoms with Gasteiger partial charge < -0.3 is 10.1 Å². The molecule has 0 aliphatic carbocycles. The smallest absolute Gasteiger partial charge is 0.259 e. The zero-order valence-corrected chi connectivity index (χ0v) is 17.8. The fraction of sp³-hybridized carbons (Fsp3) is 0.0909. The van der Waals surface area contributed by atoms with Gasteiger partial charge in [-0.15, -0.1) is 0 Å². The molecule has 0 unspecified atom stereocenters. The van der Waals surface area contributed by atoms with Crippen molar-refractivity contribution in [2.45, 2.75) is 6.61 Å². The van der Waals surface area contributed by atoms with Crippen LogP contribution in [0.1, 0.15) is 11.1 Å². The lowest BCUT2D eigenvalue weighted by atomic mass is 10.2. The molecule has 0 spiro atoms. The van der Waals surface area contributed by atoms with Gasteiger partial charge in [0.05, 0.1) is 12.8 Å². The van der Waals surface area contributed by atoms with Crippen molar-refractivity contribution in [3.8, 4) is 5.75 Å². The Balaban J connectivity index is 1.52. The second kappa shape index (κ2) is 10.6. The summed E-state index contributed by atoms with van der Waals surface area (Å²) in [5.74, 6) is 0.417. The Morgan fingerprint density at radius 1 is 1.07 bits per heavy atom. The summed E-state index contributed by atoms with van der Waals surface area (Å²) in [7, 11) is 0. The number of hydrogen-bond donors (Lipinski definition) is 2. The Morgan fingerprint density at radius 3 is 2.66 bits per heavy atom. The summed E-state index contributed by atoms with van der Waals surface area (Å²) in [6, 6.07) is 22.5. The number of nitrogens with zero attached hydrogens (tertiary/aromatic N) is 1. The van der Waals surface area contributed by atoms with Crippen LogP contribution in [-0.2, 0) is 11.4 Å². The molecular weight excluding hydrogens is 454 g/mol. The van der Waals surface area contributed by atoms with E-state index in [1.54, 1.807) is 6.21 Å². The van der Waals surface area contributed by atoms with E-state index < -0.39 is 0 Å². The first-order valence-electron chi connectivity index (χ1n) is 8.88. The third-order valence-corrected chi connectivity index (χ3v) is 4.66. The van der Waals surface area contributed by atoms with Gasteiger partial charge in [-0.1, -0.05) is 51.8 Å². The maximum absolute atomic E-state index is 12.0. The molecule has 148 valence electrons. The fourth-order valence-corrected chi connectivity index (χ4v) is 2.95. The van der Waals surface area contributed by atoms with E-state index in [4.69, 9.17) is 16.3 Å². The predicted molar refractivity (Wildman–Crippen MR) is 121 cm³/mol. The van der Waals surface area contributed by atoms with Crippen LogP contribution in [0.3, 0.4) is 0 Å². The van der Waals surface area contributed by atoms with Crippen LogP contribution in [-0.4, -0.2) is 18.7 Å². The molecule has 1 amide bonds. The second-order valence-corrected chi connectivity index (χ2v) is 7.46. The number of halogens is 2. The molecule has 3 rings (SSSR count). The minimum atomic E-state index is -0.249. The monoisotopic (exact) mass is 471 g/mol. The molecule has 0 saturated carbocycles. The summed E-state index contributed by atoms with van der Waals surface area (Å²) >= 11 is 9.38. The second-order valence-electron chi connectivity index (χ2n) is 6.11. The van der Waals surface area contributed by atoms with Crippen molar-refractivity contribution in [3.05, 3.63) is 93.4 Å². The molecule has 0 atom stereocenters. The van der Waals surface area contributed by atoms with Crippen molar-refractivity contribution < 1.29 is 9.53 Å². The summed E-state index contributed by atoms with van der Waals surface area (Å²) in [4.78, 5) is 12.0. The predicted octanol–water partition coefficient (Wildman–Crippen LogP) is 5.24. The molecule has 0 aromatic heterocycles. The number of carbonyl (C=O) groups excluding carboxylic acids is 1. The van der Waals surface area contributed by atoms with Crippen molar-refractivity contribution in [2.75, 3.05) is 11.9 Å². The van der Waals surface area contributed by atoms with E-state index in [0.717, 1.165) is 21.3 Å². The van der Waals surface area contributed by atoms with Crippen molar-refractivity contribution in [3.63, 3.8) is 0 Å². The van der Waals surface area contributed by atoms with Gasteiger partial charge in [0.15, 0.2) is 0 Å². The first kappa shape index (κ1) is 20.9. The quantitative estimate of drug-likeness (QED) is 0.348. The van der Waals surface area contributed by atoms with E-state index in [1.165, 1.54) is 0 Å². The Hall–Kier alpha value is -2.83. The van der Waals surface area contributed by atoms with Gasteiger partial charge in [0, 0.05) is 20.7 Å². The first-order valence-corrected chi connectivity index (χ1v) is 10.0. The summed E-state index contributed by atoms with van der Waals surface area (Å²) in [5, 5.41) is 7.72. The van der Waals surface area contributed by atoms with Gasteiger partial charge in [-0.3, -0.25) is 4.79 Å². The molecule has 3 aromatic rings. The van der Waals surface area contributed by atoms with Crippen LogP contribution >= 0.6 is 27.5 Å². The molecule has 0 fully saturated rings. The zero-order chi connectivity index (χ0) is 20.5. The minimum Gasteiger partial charge on any atom is -0.488 e. The lowest BCUT2D eigenvalue weighted by Crippen LogP contribution is -2.25. The van der Waals surface area contributed by atoms with Gasteiger partial charge in [-0.2, -0.15) is 5.10 Å². The lowest BCUT2D eigenvalue weighted by molar-refractivity contribution is -0.119. The summed E-state index contributed by atoms with van der Waals surface area (Å²) in [5.41, 5.74) is 5.09. The molecule has 0 bridgehead atoms. The van der Waals surface area contributed by atoms with Gasteiger partial charge in [-0.05, 0) is 54.1 Å². The fourth-order valence-electron chi connectivity index (χ4n) is 2.47. The van der Waals surface area contributed by atoms with Crippen LogP contribution in [0.2, 0.25) is 5.02 Å². The van der Waals surface area contributed by atoms with E-state index in [1.807, 2.05) is 72.8 Å². The van der Waals surface area contributed by atoms with E-state index in [0.29, 0.717) is 17.4 Å². The van der Waals surface area contributed by atoms with Crippen molar-refractivity contribution in [2.24, 2.45) is 5.10 Å². The van der Waals surface area contributed by atoms with E-state index in [2.05, 4.69) is 31.8 Å². The minimum absolute atomic E-state index is 0.117. The first-order chi connectivity index (χ1) is 14.1. The summed E-state index contributed by atoms with van der Waals surface area (Å²) < 4.78 is 6.85. The third kappa shape index (κ3) is 6.93. The molecule has 0 aliphatic rings. The van der Waals surface area contributed by atoms with E-state index >= 15 is 0 Å². The van der Waals surface area contributed by atoms with Crippen molar-refractivity contribution in [1.82, 2.24) is 5.43 Å². The topological polar surface area (TPSA) is 62.7 Å². The molecule has 7 heteroatoms. The molecule has 29 heavy (non-hydrogen) atoms. The average Bonchev–Trinajstić information content (AvgIpc) is 2.73. The van der Waals surface area contributed by atoms with Gasteiger partial charge >= 0.3 is 0 Å². The van der Waals surface area contributed by atoms with Crippen molar-refractivity contribution >= 4 is 45.3 Å². The highest BCUT2D eigenvalue weighted by Crippen LogP contribution is 2.19. The van der Waals surface area contributed by atoms with Crippen LogP contribution in [0.25, 0.3) is 0 Å². The molecule has 0 aliphatic heterocycles. The number of ether oxygens (including phenoxy) is 1. The number of hydrogen-bond acceptors (Lipinski definition) is 4. The molecule has 5 nitrogen and oxygen atoms in total. The Bertz CT molecular complexity index is 993. The van der Waals surface area contributed by atoms with Crippen molar-refractivity contribution in [1.29, 1.82) is 0 Å². The molecule has 0 heterocycles. The van der Waals surface area contributed by atoms with Gasteiger partial charge in [0.25, 0.3) is 5.91 Å². The average molecular weight is 473 g/mol. The van der Waals surface area contributed by atoms with E-state index in [-0.39, 0.29) is 12.5 Å². The molecule has 2 N–H and O–H groups in total. The maximum Gasteiger partial charge on any atom is 0.259 e. The Kier molecular flexibility index (Phi) is 7.67. The van der Waals surface area contributed by atoms with Crippen LogP contribution < -0.4 is 15.5 Å². The zero-order valence-electron chi connectivity index (χ0n) is 15.4. The Labute approximate surface area is 182 Å². The maximum atomic E-state index is 12.0. The van der Waals surface area contributed by atoms with Gasteiger partial charge in [0.1, 0.15) is 12.4 Å². The van der Waals surface area contributed by atoms with Crippen LogP contribution in [0.15, 0.2) is 82.4 Å². The highest BCUT2D eigenvalue weighted by atomic mass is 79.9. The largest absolute Gasteiger partial charge is 0.488 e. The van der Waals surface area contributed by atoms with Crippen LogP contribution in [0, 0.1) is 0 Å². The number of carbonyl (C=O) groups is 1. The molecular formula is C22H19BrClN3O2. The molecule has 0 radical (unpaired) electrons. The summed E-state index contributed by atoms with van der Waals surface area (Å²) in [6.07, 6.45) is 1.56. The highest BCUT2D eigenvalue weighted by molar-refractivity contribution is 9.10. The number of rotatable bonds is 8. The number of nitrogens with one attached hydrogen (secondary N) is 2. The Morgan fingerprint density at radius 2 is 1.86 bits per heavy atom. The number of benzene rings is 3. The standard InChI is InChI=1S/C22H19BrClN3O2/c23-18-8-10-20(11-9-18)25-14-22(28)27-26-13-17-5-1-2-7-21(17)29-15-16-4-3-6-19(24)12-16/h1-13,25H,14-15H2,(H,27,28)/b26-13-. The lowest BCUT2D eigenvalue weighted by Gasteiger charge is -2.09. The number of para-hydroxylation sites is 1. The molecule has 3 aromatic carbocycles. The number of hydrazone groups is 1. The van der Waals surface area contributed by atoms with Gasteiger partial charge in [0.2, 0.25) is 0 Å². The SMILES string of the molecule is O=C(CNc1ccc(Br)cc1)N/N=C\c1ccccc1OCc1cccc(Cl)c1. The number of amides is 1. The van der Waals surface area contributed by atoms with Crippen LogP contribution in [0.4, 0.5) is 5.69 Å². The normalized spacial score (nSPS) is 10.7.